The van der Waals surface area contributed by atoms with Gasteiger partial charge in [-0.25, -0.2) is 0 Å². The number of carboxylic acid groups (broad SMARTS) is 1. The van der Waals surface area contributed by atoms with Crippen LogP contribution < -0.4 is 5.73 Å². The summed E-state index contributed by atoms with van der Waals surface area (Å²) in [7, 11) is 0. The summed E-state index contributed by atoms with van der Waals surface area (Å²) in [6, 6.07) is -1.70. The van der Waals surface area contributed by atoms with Gasteiger partial charge in [-0.15, -0.1) is 0 Å². The van der Waals surface area contributed by atoms with Gasteiger partial charge in [-0.05, 0) is 0 Å². The maximum Gasteiger partial charge on any atom is 0.323 e. The number of hydrogen-bond donors (Lipinski definition) is 6. The van der Waals surface area contributed by atoms with Crippen LogP contribution in [0.15, 0.2) is 0 Å². The normalized spacial score (nSPS) is 20.4. The molecule has 7 nitrogen and oxygen atoms in total. The summed E-state index contributed by atoms with van der Waals surface area (Å²) in [5, 5.41) is 43.5. The molecule has 0 aromatic heterocycles. The predicted molar refractivity (Wildman–Crippen MR) is 40.7 cm³/mol. The summed E-state index contributed by atoms with van der Waals surface area (Å²) >= 11 is 0. The highest BCUT2D eigenvalue weighted by atomic mass is 16.4. The second-order valence-corrected chi connectivity index (χ2v) is 2.60. The fraction of sp³-hybridized carbons (Fsp3) is 0.833. The summed E-state index contributed by atoms with van der Waals surface area (Å²) in [5.41, 5.74) is 4.95. The van der Waals surface area contributed by atoms with E-state index in [9.17, 15) is 4.79 Å². The predicted octanol–water partition coefficient (Wildman–Crippen LogP) is -3.53. The second-order valence-electron chi connectivity index (χ2n) is 2.60. The summed E-state index contributed by atoms with van der Waals surface area (Å²) in [4.78, 5) is 10.2. The van der Waals surface area contributed by atoms with Gasteiger partial charge in [-0.2, -0.15) is 0 Å². The first-order valence-electron chi connectivity index (χ1n) is 3.55. The molecule has 0 aliphatic heterocycles. The number of aliphatic hydroxyl groups is 4. The molecule has 0 saturated carbocycles. The monoisotopic (exact) mass is 195 g/mol. The lowest BCUT2D eigenvalue weighted by Gasteiger charge is -2.23. The Labute approximate surface area is 74.0 Å². The van der Waals surface area contributed by atoms with Gasteiger partial charge in [0.05, 0.1) is 6.61 Å². The van der Waals surface area contributed by atoms with Crippen LogP contribution in [0.5, 0.6) is 0 Å². The molecule has 0 saturated heterocycles. The summed E-state index contributed by atoms with van der Waals surface area (Å²) in [5.74, 6) is -1.50. The first kappa shape index (κ1) is 12.3. The van der Waals surface area contributed by atoms with E-state index in [1.807, 2.05) is 0 Å². The second kappa shape index (κ2) is 5.10. The fourth-order valence-electron chi connectivity index (χ4n) is 0.694. The molecular formula is C6H13NO6. The maximum absolute atomic E-state index is 10.2. The lowest BCUT2D eigenvalue weighted by Crippen LogP contribution is -2.52. The van der Waals surface area contributed by atoms with Crippen molar-refractivity contribution in [3.05, 3.63) is 0 Å². The molecule has 0 aromatic rings. The Bertz CT molecular complexity index is 175. The number of aliphatic carboxylic acids is 1. The first-order valence-corrected chi connectivity index (χ1v) is 3.55. The van der Waals surface area contributed by atoms with Crippen molar-refractivity contribution in [2.75, 3.05) is 6.61 Å². The van der Waals surface area contributed by atoms with Crippen LogP contribution in [0, 0.1) is 0 Å². The van der Waals surface area contributed by atoms with Gasteiger partial charge in [0.2, 0.25) is 0 Å². The number of carboxylic acids is 1. The highest BCUT2D eigenvalue weighted by molar-refractivity contribution is 5.74. The van der Waals surface area contributed by atoms with E-state index in [1.54, 1.807) is 0 Å². The van der Waals surface area contributed by atoms with E-state index in [0.29, 0.717) is 0 Å². The number of aliphatic hydroxyl groups excluding tert-OH is 4. The van der Waals surface area contributed by atoms with Crippen LogP contribution in [0.3, 0.4) is 0 Å². The Kier molecular flexibility index (Phi) is 4.81. The van der Waals surface area contributed by atoms with Crippen molar-refractivity contribution in [3.63, 3.8) is 0 Å². The molecular weight excluding hydrogens is 182 g/mol. The molecule has 0 bridgehead atoms. The standard InChI is InChI=1S/C6H13NO6/c7-3(6(12)13)5(11)4(10)2(9)1-8/h2-5,8-11H,1,7H2,(H,12,13)/t2-,3-,4-,5+/m0/s1. The number of rotatable bonds is 5. The van der Waals surface area contributed by atoms with Gasteiger partial charge in [0.15, 0.2) is 0 Å². The van der Waals surface area contributed by atoms with E-state index in [1.165, 1.54) is 0 Å². The van der Waals surface area contributed by atoms with E-state index < -0.39 is 36.9 Å². The minimum Gasteiger partial charge on any atom is -0.480 e. The van der Waals surface area contributed by atoms with Gasteiger partial charge in [-0.1, -0.05) is 0 Å². The zero-order valence-corrected chi connectivity index (χ0v) is 6.74. The van der Waals surface area contributed by atoms with Crippen LogP contribution in [-0.4, -0.2) is 62.5 Å². The van der Waals surface area contributed by atoms with Gasteiger partial charge in [0.25, 0.3) is 0 Å². The Morgan fingerprint density at radius 2 is 1.69 bits per heavy atom. The third-order valence-corrected chi connectivity index (χ3v) is 1.58. The molecule has 0 fully saturated rings. The molecule has 7 N–H and O–H groups in total. The molecule has 0 aliphatic rings. The van der Waals surface area contributed by atoms with Crippen LogP contribution in [-0.2, 0) is 4.79 Å². The van der Waals surface area contributed by atoms with Crippen LogP contribution in [0.1, 0.15) is 0 Å². The lowest BCUT2D eigenvalue weighted by molar-refractivity contribution is -0.146. The van der Waals surface area contributed by atoms with Crippen LogP contribution in [0.25, 0.3) is 0 Å². The highest BCUT2D eigenvalue weighted by Crippen LogP contribution is 2.03. The first-order chi connectivity index (χ1) is 5.91. The Balaban J connectivity index is 4.24. The summed E-state index contributed by atoms with van der Waals surface area (Å²) in [6.45, 7) is -0.787. The Morgan fingerprint density at radius 3 is 2.00 bits per heavy atom. The SMILES string of the molecule is N[C@H](C(=O)O)[C@@H](O)[C@@H](O)[C@@H](O)CO. The topological polar surface area (TPSA) is 144 Å². The van der Waals surface area contributed by atoms with Gasteiger partial charge < -0.3 is 31.3 Å². The number of hydrogen-bond acceptors (Lipinski definition) is 6. The van der Waals surface area contributed by atoms with E-state index in [4.69, 9.17) is 31.3 Å². The molecule has 0 spiro atoms. The minimum atomic E-state index is -1.82. The molecule has 7 heteroatoms. The Hall–Kier alpha value is -0.730. The molecule has 4 atom stereocenters. The average molecular weight is 195 g/mol. The molecule has 0 unspecified atom stereocenters. The van der Waals surface area contributed by atoms with Crippen molar-refractivity contribution in [1.29, 1.82) is 0 Å². The van der Waals surface area contributed by atoms with Gasteiger partial charge in [0.1, 0.15) is 24.4 Å². The zero-order valence-electron chi connectivity index (χ0n) is 6.74. The zero-order chi connectivity index (χ0) is 10.6. The van der Waals surface area contributed by atoms with Crippen molar-refractivity contribution < 1.29 is 30.3 Å². The number of carbonyl (C=O) groups is 1. The number of nitrogens with two attached hydrogens (primary N) is 1. The smallest absolute Gasteiger partial charge is 0.323 e. The minimum absolute atomic E-state index is 0.787. The third-order valence-electron chi connectivity index (χ3n) is 1.58. The molecule has 78 valence electrons. The van der Waals surface area contributed by atoms with Crippen molar-refractivity contribution in [3.8, 4) is 0 Å². The molecule has 0 heterocycles. The van der Waals surface area contributed by atoms with Gasteiger partial charge in [0, 0.05) is 0 Å². The van der Waals surface area contributed by atoms with Crippen LogP contribution in [0.4, 0.5) is 0 Å². The van der Waals surface area contributed by atoms with E-state index in [-0.39, 0.29) is 0 Å². The molecule has 0 radical (unpaired) electrons. The van der Waals surface area contributed by atoms with Crippen LogP contribution in [0.2, 0.25) is 0 Å². The van der Waals surface area contributed by atoms with Gasteiger partial charge in [-0.3, -0.25) is 4.79 Å². The van der Waals surface area contributed by atoms with E-state index in [0.717, 1.165) is 0 Å². The van der Waals surface area contributed by atoms with Crippen molar-refractivity contribution in [2.24, 2.45) is 5.73 Å². The largest absolute Gasteiger partial charge is 0.480 e. The summed E-state index contributed by atoms with van der Waals surface area (Å²) in [6.07, 6.45) is -5.21. The van der Waals surface area contributed by atoms with Crippen molar-refractivity contribution >= 4 is 5.97 Å². The van der Waals surface area contributed by atoms with Crippen molar-refractivity contribution in [1.82, 2.24) is 0 Å². The van der Waals surface area contributed by atoms with Crippen LogP contribution >= 0.6 is 0 Å². The molecule has 0 aliphatic carbocycles. The lowest BCUT2D eigenvalue weighted by atomic mass is 10.0. The molecule has 0 rings (SSSR count). The fourth-order valence-corrected chi connectivity index (χ4v) is 0.694. The summed E-state index contributed by atoms with van der Waals surface area (Å²) < 4.78 is 0. The molecule has 13 heavy (non-hydrogen) atoms. The average Bonchev–Trinajstić information content (AvgIpc) is 2.12. The Morgan fingerprint density at radius 1 is 1.23 bits per heavy atom. The molecule has 0 aromatic carbocycles. The highest BCUT2D eigenvalue weighted by Gasteiger charge is 2.32. The van der Waals surface area contributed by atoms with Crippen molar-refractivity contribution in [2.45, 2.75) is 24.4 Å². The molecule has 0 amide bonds. The van der Waals surface area contributed by atoms with E-state index >= 15 is 0 Å². The maximum atomic E-state index is 10.2. The third kappa shape index (κ3) is 3.25. The quantitative estimate of drug-likeness (QED) is 0.266. The van der Waals surface area contributed by atoms with Gasteiger partial charge >= 0.3 is 5.97 Å². The van der Waals surface area contributed by atoms with E-state index in [2.05, 4.69) is 0 Å².